The molecule has 0 radical (unpaired) electrons. The Morgan fingerprint density at radius 3 is 1.46 bits per heavy atom. The van der Waals surface area contributed by atoms with Gasteiger partial charge in [-0.3, -0.25) is 4.79 Å². The first-order chi connectivity index (χ1) is 16.5. The molecule has 2 aromatic rings. The van der Waals surface area contributed by atoms with Gasteiger partial charge in [-0.25, -0.2) is 0 Å². The average Bonchev–Trinajstić information content (AvgIpc) is 2.79. The Balaban J connectivity index is 1.83. The molecular formula is C26H32B2O7. The minimum absolute atomic E-state index is 0.0184. The first-order valence-corrected chi connectivity index (χ1v) is 11.6. The molecule has 0 atom stereocenters. The third-order valence-corrected chi connectivity index (χ3v) is 5.98. The zero-order chi connectivity index (χ0) is 25.6. The van der Waals surface area contributed by atoms with Crippen LogP contribution in [-0.4, -0.2) is 53.1 Å². The second-order valence-electron chi connectivity index (χ2n) is 9.86. The van der Waals surface area contributed by atoms with Gasteiger partial charge in [0.2, 0.25) is 0 Å². The Hall–Kier alpha value is -2.84. The zero-order valence-electron chi connectivity index (χ0n) is 20.3. The summed E-state index contributed by atoms with van der Waals surface area (Å²) < 4.78 is 10.6. The molecule has 1 aliphatic rings. The molecule has 184 valence electrons. The van der Waals surface area contributed by atoms with Crippen molar-refractivity contribution < 1.29 is 34.4 Å². The maximum atomic E-state index is 13.4. The molecule has 35 heavy (non-hydrogen) atoms. The Bertz CT molecular complexity index is 975. The summed E-state index contributed by atoms with van der Waals surface area (Å²) in [6, 6.07) is 14.3. The lowest BCUT2D eigenvalue weighted by molar-refractivity contribution is -0.113. The molecule has 0 heterocycles. The molecular weight excluding hydrogens is 446 g/mol. The van der Waals surface area contributed by atoms with Crippen molar-refractivity contribution in [2.45, 2.75) is 33.6 Å². The van der Waals surface area contributed by atoms with Crippen LogP contribution in [0.2, 0.25) is 0 Å². The standard InChI is InChI=1S/C26H32B2O7/c1-26(2,3)22-14-20(12-18-4-8-23(9-5-18)34-16-27(30)31)25(29)21(15-22)13-19-6-10-24(11-7-19)35-17-28(32)33/h4-13,22,30-33H,14-17H2,1-3H3/b20-12+,21-13+. The number of carbonyl (C=O) groups is 1. The van der Waals surface area contributed by atoms with E-state index in [4.69, 9.17) is 29.6 Å². The number of ether oxygens (including phenoxy) is 2. The number of ketones is 1. The molecule has 3 rings (SSSR count). The van der Waals surface area contributed by atoms with Gasteiger partial charge in [-0.05, 0) is 71.7 Å². The summed E-state index contributed by atoms with van der Waals surface area (Å²) in [4.78, 5) is 13.4. The van der Waals surface area contributed by atoms with Crippen LogP contribution in [0.3, 0.4) is 0 Å². The summed E-state index contributed by atoms with van der Waals surface area (Å²) in [5.74, 6) is 1.35. The molecule has 0 bridgehead atoms. The Kier molecular flexibility index (Phi) is 8.97. The lowest BCUT2D eigenvalue weighted by atomic mass is 9.68. The molecule has 4 N–H and O–H groups in total. The first-order valence-electron chi connectivity index (χ1n) is 11.6. The minimum Gasteiger partial charge on any atom is -0.496 e. The molecule has 7 nitrogen and oxygen atoms in total. The van der Waals surface area contributed by atoms with E-state index in [1.165, 1.54) is 0 Å². The lowest BCUT2D eigenvalue weighted by Gasteiger charge is -2.35. The van der Waals surface area contributed by atoms with Gasteiger partial charge in [-0.1, -0.05) is 45.0 Å². The minimum atomic E-state index is -1.53. The molecule has 0 aliphatic heterocycles. The fraction of sp³-hybridized carbons (Fsp3) is 0.346. The van der Waals surface area contributed by atoms with Gasteiger partial charge < -0.3 is 29.6 Å². The van der Waals surface area contributed by atoms with Crippen molar-refractivity contribution in [2.75, 3.05) is 13.0 Å². The van der Waals surface area contributed by atoms with Crippen LogP contribution < -0.4 is 9.47 Å². The van der Waals surface area contributed by atoms with E-state index in [9.17, 15) is 4.79 Å². The lowest BCUT2D eigenvalue weighted by Crippen LogP contribution is -2.29. The molecule has 0 spiro atoms. The number of Topliss-reactive ketones (excluding diaryl/α,β-unsaturated/α-hetero) is 1. The Morgan fingerprint density at radius 1 is 0.771 bits per heavy atom. The maximum absolute atomic E-state index is 13.4. The van der Waals surface area contributed by atoms with Gasteiger partial charge in [0.05, 0.1) is 0 Å². The van der Waals surface area contributed by atoms with Crippen molar-refractivity contribution in [3.63, 3.8) is 0 Å². The molecule has 1 saturated carbocycles. The number of benzene rings is 2. The third kappa shape index (κ3) is 8.11. The van der Waals surface area contributed by atoms with Crippen molar-refractivity contribution in [2.24, 2.45) is 11.3 Å². The van der Waals surface area contributed by atoms with E-state index in [1.807, 2.05) is 36.4 Å². The summed E-state index contributed by atoms with van der Waals surface area (Å²) in [5, 5.41) is 35.8. The van der Waals surface area contributed by atoms with Crippen LogP contribution in [0.5, 0.6) is 11.5 Å². The van der Waals surface area contributed by atoms with Crippen molar-refractivity contribution in [1.29, 1.82) is 0 Å². The topological polar surface area (TPSA) is 116 Å². The summed E-state index contributed by atoms with van der Waals surface area (Å²) in [5.41, 5.74) is 3.25. The molecule has 0 aromatic heterocycles. The quantitative estimate of drug-likeness (QED) is 0.341. The predicted molar refractivity (Wildman–Crippen MR) is 137 cm³/mol. The van der Waals surface area contributed by atoms with Gasteiger partial charge in [-0.2, -0.15) is 0 Å². The van der Waals surface area contributed by atoms with E-state index in [0.717, 1.165) is 22.3 Å². The Morgan fingerprint density at radius 2 is 1.14 bits per heavy atom. The maximum Gasteiger partial charge on any atom is 0.491 e. The van der Waals surface area contributed by atoms with Crippen molar-refractivity contribution in [1.82, 2.24) is 0 Å². The summed E-state index contributed by atoms with van der Waals surface area (Å²) in [6.45, 7) is 6.14. The number of carbonyl (C=O) groups excluding carboxylic acids is 1. The second-order valence-corrected chi connectivity index (χ2v) is 9.86. The SMILES string of the molecule is CC(C)(C)C1C/C(=C\c2ccc(OCB(O)O)cc2)C(=O)/C(=C/c2ccc(OCB(O)O)cc2)C1. The van der Waals surface area contributed by atoms with Crippen molar-refractivity contribution >= 4 is 32.2 Å². The van der Waals surface area contributed by atoms with Gasteiger partial charge in [0, 0.05) is 11.1 Å². The molecule has 0 amide bonds. The van der Waals surface area contributed by atoms with E-state index in [-0.39, 0.29) is 24.2 Å². The van der Waals surface area contributed by atoms with Crippen LogP contribution in [-0.2, 0) is 4.79 Å². The molecule has 1 fully saturated rings. The monoisotopic (exact) mass is 478 g/mol. The molecule has 0 saturated heterocycles. The van der Waals surface area contributed by atoms with Crippen LogP contribution in [0.15, 0.2) is 59.7 Å². The molecule has 0 unspecified atom stereocenters. The largest absolute Gasteiger partial charge is 0.496 e. The number of hydrogen-bond acceptors (Lipinski definition) is 7. The van der Waals surface area contributed by atoms with E-state index >= 15 is 0 Å². The van der Waals surface area contributed by atoms with E-state index in [1.54, 1.807) is 24.3 Å². The van der Waals surface area contributed by atoms with Crippen LogP contribution in [0, 0.1) is 11.3 Å². The summed E-state index contributed by atoms with van der Waals surface area (Å²) >= 11 is 0. The van der Waals surface area contributed by atoms with Crippen LogP contribution >= 0.6 is 0 Å². The average molecular weight is 478 g/mol. The van der Waals surface area contributed by atoms with Crippen LogP contribution in [0.25, 0.3) is 12.2 Å². The van der Waals surface area contributed by atoms with Gasteiger partial charge in [0.15, 0.2) is 5.78 Å². The predicted octanol–water partition coefficient (Wildman–Crippen LogP) is 2.96. The second kappa shape index (κ2) is 11.7. The van der Waals surface area contributed by atoms with Gasteiger partial charge in [-0.15, -0.1) is 0 Å². The highest BCUT2D eigenvalue weighted by Gasteiger charge is 2.34. The van der Waals surface area contributed by atoms with Gasteiger partial charge in [0.1, 0.15) is 24.5 Å². The summed E-state index contributed by atoms with van der Waals surface area (Å²) in [6.07, 6.45) is 5.20. The molecule has 1 aliphatic carbocycles. The smallest absolute Gasteiger partial charge is 0.491 e. The zero-order valence-corrected chi connectivity index (χ0v) is 20.3. The third-order valence-electron chi connectivity index (χ3n) is 5.98. The van der Waals surface area contributed by atoms with Crippen LogP contribution in [0.4, 0.5) is 0 Å². The normalized spacial score (nSPS) is 18.6. The van der Waals surface area contributed by atoms with Gasteiger partial charge >= 0.3 is 14.2 Å². The molecule has 2 aromatic carbocycles. The van der Waals surface area contributed by atoms with E-state index < -0.39 is 14.2 Å². The van der Waals surface area contributed by atoms with Crippen molar-refractivity contribution in [3.8, 4) is 11.5 Å². The fourth-order valence-electron chi connectivity index (χ4n) is 3.92. The Labute approximate surface area is 207 Å². The summed E-state index contributed by atoms with van der Waals surface area (Å²) in [7, 11) is -3.07. The molecule has 9 heteroatoms. The number of allylic oxidation sites excluding steroid dienone is 2. The van der Waals surface area contributed by atoms with E-state index in [0.29, 0.717) is 30.3 Å². The van der Waals surface area contributed by atoms with E-state index in [2.05, 4.69) is 20.8 Å². The highest BCUT2D eigenvalue weighted by Crippen LogP contribution is 2.42. The number of rotatable bonds is 8. The van der Waals surface area contributed by atoms with Crippen molar-refractivity contribution in [3.05, 3.63) is 70.8 Å². The number of hydrogen-bond donors (Lipinski definition) is 4. The highest BCUT2D eigenvalue weighted by atomic mass is 16.5. The first kappa shape index (κ1) is 26.8. The highest BCUT2D eigenvalue weighted by molar-refractivity contribution is 6.41. The van der Waals surface area contributed by atoms with Crippen LogP contribution in [0.1, 0.15) is 44.7 Å². The fourth-order valence-corrected chi connectivity index (χ4v) is 3.92. The van der Waals surface area contributed by atoms with Gasteiger partial charge in [0.25, 0.3) is 0 Å².